The van der Waals surface area contributed by atoms with Gasteiger partial charge in [-0.15, -0.1) is 0 Å². The van der Waals surface area contributed by atoms with Crippen LogP contribution >= 0.6 is 0 Å². The molecular formula is C22H24O4. The van der Waals surface area contributed by atoms with Gasteiger partial charge in [0, 0.05) is 6.42 Å². The van der Waals surface area contributed by atoms with Crippen molar-refractivity contribution in [1.29, 1.82) is 0 Å². The van der Waals surface area contributed by atoms with Crippen LogP contribution in [0, 0.1) is 0 Å². The molecule has 2 aromatic rings. The Morgan fingerprint density at radius 3 is 2.00 bits per heavy atom. The zero-order valence-electron chi connectivity index (χ0n) is 15.0. The van der Waals surface area contributed by atoms with Crippen LogP contribution < -0.4 is 0 Å². The largest absolute Gasteiger partial charge is 0.465 e. The Labute approximate surface area is 154 Å². The van der Waals surface area contributed by atoms with Crippen molar-refractivity contribution in [2.75, 3.05) is 19.8 Å². The molecule has 0 aliphatic heterocycles. The summed E-state index contributed by atoms with van der Waals surface area (Å²) in [6, 6.07) is 20.4. The van der Waals surface area contributed by atoms with Crippen molar-refractivity contribution in [1.82, 2.24) is 0 Å². The van der Waals surface area contributed by atoms with Crippen LogP contribution in [0.4, 0.5) is 0 Å². The smallest absolute Gasteiger partial charge is 0.313 e. The molecule has 4 heteroatoms. The Balaban J connectivity index is 1.82. The number of carbonyl (C=O) groups is 2. The van der Waals surface area contributed by atoms with Gasteiger partial charge in [0.2, 0.25) is 0 Å². The summed E-state index contributed by atoms with van der Waals surface area (Å²) in [6.45, 7) is 2.59. The molecule has 0 N–H and O–H groups in total. The van der Waals surface area contributed by atoms with Gasteiger partial charge in [-0.3, -0.25) is 9.59 Å². The minimum absolute atomic E-state index is 0.166. The minimum Gasteiger partial charge on any atom is -0.465 e. The third-order valence-electron chi connectivity index (χ3n) is 3.66. The zero-order chi connectivity index (χ0) is 18.6. The van der Waals surface area contributed by atoms with E-state index in [4.69, 9.17) is 9.47 Å². The van der Waals surface area contributed by atoms with Crippen LogP contribution in [-0.2, 0) is 19.1 Å². The van der Waals surface area contributed by atoms with E-state index in [2.05, 4.69) is 30.3 Å². The number of Topliss-reactive ketones (excluding diaryl/α,β-unsaturated/α-hetero) is 1. The highest BCUT2D eigenvalue weighted by atomic mass is 16.5. The van der Waals surface area contributed by atoms with Crippen LogP contribution in [0.5, 0.6) is 0 Å². The maximum Gasteiger partial charge on any atom is 0.313 e. The summed E-state index contributed by atoms with van der Waals surface area (Å²) >= 11 is 0. The van der Waals surface area contributed by atoms with Crippen LogP contribution in [0.2, 0.25) is 0 Å². The molecule has 0 radical (unpaired) electrons. The third kappa shape index (κ3) is 7.03. The summed E-state index contributed by atoms with van der Waals surface area (Å²) in [6.07, 6.45) is 2.50. The lowest BCUT2D eigenvalue weighted by atomic mass is 9.98. The Morgan fingerprint density at radius 1 is 0.885 bits per heavy atom. The molecule has 0 amide bonds. The average molecular weight is 352 g/mol. The first-order valence-electron chi connectivity index (χ1n) is 8.70. The molecule has 0 aliphatic rings. The molecule has 0 aliphatic carbocycles. The normalized spacial score (nSPS) is 10.2. The van der Waals surface area contributed by atoms with E-state index < -0.39 is 5.97 Å². The van der Waals surface area contributed by atoms with Crippen LogP contribution in [0.15, 0.2) is 66.7 Å². The standard InChI is InChI=1S/C22H24O4/c1-18(23)17-22(24)26-15-8-14-25-16-13-21(19-9-4-2-5-10-19)20-11-6-3-7-12-20/h2-7,9-13H,8,14-17H2,1H3. The quantitative estimate of drug-likeness (QED) is 0.368. The van der Waals surface area contributed by atoms with Gasteiger partial charge in [-0.05, 0) is 23.6 Å². The van der Waals surface area contributed by atoms with Crippen molar-refractivity contribution >= 4 is 17.3 Å². The molecule has 2 rings (SSSR count). The molecule has 0 atom stereocenters. The van der Waals surface area contributed by atoms with E-state index in [0.29, 0.717) is 19.6 Å². The highest BCUT2D eigenvalue weighted by molar-refractivity contribution is 5.94. The van der Waals surface area contributed by atoms with E-state index in [1.54, 1.807) is 0 Å². The van der Waals surface area contributed by atoms with Gasteiger partial charge < -0.3 is 9.47 Å². The van der Waals surface area contributed by atoms with Crippen LogP contribution in [0.1, 0.15) is 30.9 Å². The second-order valence-corrected chi connectivity index (χ2v) is 5.88. The van der Waals surface area contributed by atoms with Gasteiger partial charge in [0.1, 0.15) is 12.2 Å². The molecule has 0 fully saturated rings. The molecule has 0 saturated carbocycles. The van der Waals surface area contributed by atoms with Gasteiger partial charge >= 0.3 is 5.97 Å². The molecular weight excluding hydrogens is 328 g/mol. The van der Waals surface area contributed by atoms with Crippen LogP contribution in [0.3, 0.4) is 0 Å². The Hall–Kier alpha value is -2.72. The highest BCUT2D eigenvalue weighted by Crippen LogP contribution is 2.22. The summed E-state index contributed by atoms with van der Waals surface area (Å²) in [4.78, 5) is 22.0. The predicted octanol–water partition coefficient (Wildman–Crippen LogP) is 4.05. The summed E-state index contributed by atoms with van der Waals surface area (Å²) in [5.74, 6) is -0.668. The summed E-state index contributed by atoms with van der Waals surface area (Å²) < 4.78 is 10.6. The molecule has 0 unspecified atom stereocenters. The predicted molar refractivity (Wildman–Crippen MR) is 102 cm³/mol. The maximum absolute atomic E-state index is 11.3. The van der Waals surface area contributed by atoms with Crippen molar-refractivity contribution in [3.8, 4) is 0 Å². The van der Waals surface area contributed by atoms with Crippen LogP contribution in [-0.4, -0.2) is 31.6 Å². The minimum atomic E-state index is -0.479. The second kappa shape index (κ2) is 11.0. The molecule has 0 spiro atoms. The molecule has 0 bridgehead atoms. The highest BCUT2D eigenvalue weighted by Gasteiger charge is 2.06. The Morgan fingerprint density at radius 2 is 1.46 bits per heavy atom. The number of ether oxygens (including phenoxy) is 2. The number of hydrogen-bond donors (Lipinski definition) is 0. The second-order valence-electron chi connectivity index (χ2n) is 5.88. The first kappa shape index (κ1) is 19.6. The van der Waals surface area contributed by atoms with Crippen molar-refractivity contribution in [3.05, 3.63) is 77.9 Å². The van der Waals surface area contributed by atoms with E-state index in [-0.39, 0.29) is 18.8 Å². The number of ketones is 1. The molecule has 4 nitrogen and oxygen atoms in total. The summed E-state index contributed by atoms with van der Waals surface area (Å²) in [7, 11) is 0. The fraction of sp³-hybridized carbons (Fsp3) is 0.273. The number of esters is 1. The topological polar surface area (TPSA) is 52.6 Å². The van der Waals surface area contributed by atoms with Gasteiger partial charge in [-0.2, -0.15) is 0 Å². The van der Waals surface area contributed by atoms with Gasteiger partial charge in [-0.1, -0.05) is 66.7 Å². The summed E-state index contributed by atoms with van der Waals surface area (Å²) in [5.41, 5.74) is 3.40. The SMILES string of the molecule is CC(=O)CC(=O)OCCCOCC=C(c1ccccc1)c1ccccc1. The molecule has 2 aromatic carbocycles. The van der Waals surface area contributed by atoms with Crippen molar-refractivity contribution in [2.45, 2.75) is 19.8 Å². The molecule has 0 saturated heterocycles. The first-order valence-corrected chi connectivity index (χ1v) is 8.70. The monoisotopic (exact) mass is 352 g/mol. The van der Waals surface area contributed by atoms with E-state index in [0.717, 1.165) is 16.7 Å². The maximum atomic E-state index is 11.3. The first-order chi connectivity index (χ1) is 12.7. The van der Waals surface area contributed by atoms with Crippen molar-refractivity contribution in [2.24, 2.45) is 0 Å². The molecule has 26 heavy (non-hydrogen) atoms. The van der Waals surface area contributed by atoms with E-state index in [9.17, 15) is 9.59 Å². The lowest BCUT2D eigenvalue weighted by molar-refractivity contribution is -0.146. The average Bonchev–Trinajstić information content (AvgIpc) is 2.65. The molecule has 136 valence electrons. The summed E-state index contributed by atoms with van der Waals surface area (Å²) in [5, 5.41) is 0. The zero-order valence-corrected chi connectivity index (χ0v) is 15.0. The van der Waals surface area contributed by atoms with E-state index in [1.165, 1.54) is 6.92 Å². The molecule has 0 heterocycles. The Bertz CT molecular complexity index is 679. The van der Waals surface area contributed by atoms with Gasteiger partial charge in [-0.25, -0.2) is 0 Å². The van der Waals surface area contributed by atoms with Gasteiger partial charge in [0.15, 0.2) is 0 Å². The van der Waals surface area contributed by atoms with E-state index in [1.807, 2.05) is 36.4 Å². The van der Waals surface area contributed by atoms with Crippen LogP contribution in [0.25, 0.3) is 5.57 Å². The van der Waals surface area contributed by atoms with E-state index >= 15 is 0 Å². The number of hydrogen-bond acceptors (Lipinski definition) is 4. The third-order valence-corrected chi connectivity index (χ3v) is 3.66. The molecule has 0 aromatic heterocycles. The Kier molecular flexibility index (Phi) is 8.30. The fourth-order valence-electron chi connectivity index (χ4n) is 2.46. The lowest BCUT2D eigenvalue weighted by Crippen LogP contribution is -2.11. The fourth-order valence-corrected chi connectivity index (χ4v) is 2.46. The lowest BCUT2D eigenvalue weighted by Gasteiger charge is -2.09. The number of rotatable bonds is 10. The van der Waals surface area contributed by atoms with Crippen molar-refractivity contribution in [3.63, 3.8) is 0 Å². The van der Waals surface area contributed by atoms with Crippen molar-refractivity contribution < 1.29 is 19.1 Å². The van der Waals surface area contributed by atoms with Gasteiger partial charge in [0.25, 0.3) is 0 Å². The van der Waals surface area contributed by atoms with Gasteiger partial charge in [0.05, 0.1) is 19.8 Å². The number of carbonyl (C=O) groups excluding carboxylic acids is 2. The number of benzene rings is 2.